The molecule has 1 amide bonds. The third kappa shape index (κ3) is 2.44. The van der Waals surface area contributed by atoms with E-state index in [1.54, 1.807) is 6.20 Å². The van der Waals surface area contributed by atoms with E-state index in [9.17, 15) is 4.79 Å². The van der Waals surface area contributed by atoms with Crippen LogP contribution in [-0.2, 0) is 4.79 Å². The summed E-state index contributed by atoms with van der Waals surface area (Å²) in [5.41, 5.74) is 2.22. The molecule has 5 nitrogen and oxygen atoms in total. The normalized spacial score (nSPS) is 25.4. The molecule has 88 valence electrons. The molecule has 0 atom stereocenters. The molecule has 6 heteroatoms. The van der Waals surface area contributed by atoms with Crippen LogP contribution in [0.5, 0.6) is 0 Å². The molecule has 0 radical (unpaired) electrons. The minimum atomic E-state index is -0.0416. The van der Waals surface area contributed by atoms with Crippen LogP contribution < -0.4 is 11.3 Å². The molecule has 0 unspecified atom stereocenters. The van der Waals surface area contributed by atoms with Gasteiger partial charge >= 0.3 is 0 Å². The molecular formula is C10H15BrN4O. The van der Waals surface area contributed by atoms with Gasteiger partial charge in [0, 0.05) is 12.1 Å². The molecule has 1 saturated carbocycles. The summed E-state index contributed by atoms with van der Waals surface area (Å²) >= 11 is 3.38. The Morgan fingerprint density at radius 1 is 1.50 bits per heavy atom. The first-order valence-electron chi connectivity index (χ1n) is 5.41. The second-order valence-corrected chi connectivity index (χ2v) is 5.07. The molecule has 1 aromatic heterocycles. The van der Waals surface area contributed by atoms with Crippen molar-refractivity contribution in [2.24, 2.45) is 11.8 Å². The summed E-state index contributed by atoms with van der Waals surface area (Å²) in [4.78, 5) is 11.3. The molecule has 1 heterocycles. The molecule has 1 aliphatic carbocycles. The van der Waals surface area contributed by atoms with Gasteiger partial charge in [-0.05, 0) is 41.6 Å². The van der Waals surface area contributed by atoms with E-state index in [1.165, 1.54) is 0 Å². The summed E-state index contributed by atoms with van der Waals surface area (Å²) in [5, 5.41) is 4.27. The van der Waals surface area contributed by atoms with Gasteiger partial charge in [-0.2, -0.15) is 5.10 Å². The van der Waals surface area contributed by atoms with Crippen LogP contribution in [0.3, 0.4) is 0 Å². The Balaban J connectivity index is 1.92. The van der Waals surface area contributed by atoms with E-state index in [1.807, 2.05) is 10.9 Å². The number of amides is 1. The third-order valence-corrected chi connectivity index (χ3v) is 3.56. The average molecular weight is 287 g/mol. The quantitative estimate of drug-likeness (QED) is 0.490. The van der Waals surface area contributed by atoms with Gasteiger partial charge in [0.25, 0.3) is 0 Å². The van der Waals surface area contributed by atoms with Crippen molar-refractivity contribution < 1.29 is 4.79 Å². The number of hydrogen-bond acceptors (Lipinski definition) is 3. The molecule has 0 spiro atoms. The van der Waals surface area contributed by atoms with Crippen LogP contribution in [0.4, 0.5) is 0 Å². The van der Waals surface area contributed by atoms with Crippen LogP contribution in [0.2, 0.25) is 0 Å². The highest BCUT2D eigenvalue weighted by Crippen LogP contribution is 2.32. The van der Waals surface area contributed by atoms with Crippen molar-refractivity contribution in [1.29, 1.82) is 0 Å². The highest BCUT2D eigenvalue weighted by Gasteiger charge is 2.26. The lowest BCUT2D eigenvalue weighted by Gasteiger charge is -2.27. The first kappa shape index (κ1) is 11.6. The Labute approximate surface area is 102 Å². The molecule has 1 aliphatic rings. The zero-order valence-corrected chi connectivity index (χ0v) is 10.5. The molecule has 16 heavy (non-hydrogen) atoms. The fraction of sp³-hybridized carbons (Fsp3) is 0.600. The van der Waals surface area contributed by atoms with Gasteiger partial charge in [0.1, 0.15) is 0 Å². The lowest BCUT2D eigenvalue weighted by atomic mass is 9.85. The van der Waals surface area contributed by atoms with Crippen LogP contribution >= 0.6 is 15.9 Å². The first-order valence-corrected chi connectivity index (χ1v) is 6.20. The van der Waals surface area contributed by atoms with E-state index < -0.39 is 0 Å². The maximum Gasteiger partial charge on any atom is 0.236 e. The van der Waals surface area contributed by atoms with Gasteiger partial charge in [0.15, 0.2) is 0 Å². The number of nitrogens with two attached hydrogens (primary N) is 1. The number of halogens is 1. The van der Waals surface area contributed by atoms with Crippen LogP contribution in [0, 0.1) is 5.92 Å². The lowest BCUT2D eigenvalue weighted by molar-refractivity contribution is -0.126. The van der Waals surface area contributed by atoms with Gasteiger partial charge in [0.2, 0.25) is 5.91 Å². The Morgan fingerprint density at radius 2 is 2.19 bits per heavy atom. The number of hydrazine groups is 1. The Hall–Kier alpha value is -0.880. The van der Waals surface area contributed by atoms with Crippen LogP contribution in [-0.4, -0.2) is 15.7 Å². The number of aromatic nitrogens is 2. The van der Waals surface area contributed by atoms with Gasteiger partial charge in [0.05, 0.1) is 16.7 Å². The second-order valence-electron chi connectivity index (χ2n) is 4.15. The highest BCUT2D eigenvalue weighted by atomic mass is 79.9. The molecule has 0 aromatic carbocycles. The first-order chi connectivity index (χ1) is 7.70. The van der Waals surface area contributed by atoms with Crippen molar-refractivity contribution in [3.63, 3.8) is 0 Å². The summed E-state index contributed by atoms with van der Waals surface area (Å²) in [7, 11) is 0. The largest absolute Gasteiger partial charge is 0.294 e. The molecule has 1 fully saturated rings. The van der Waals surface area contributed by atoms with Gasteiger partial charge in [-0.25, -0.2) is 5.84 Å². The molecule has 1 aromatic rings. The average Bonchev–Trinajstić information content (AvgIpc) is 2.75. The minimum absolute atomic E-state index is 0.0416. The summed E-state index contributed by atoms with van der Waals surface area (Å²) in [6, 6.07) is 0.410. The maximum absolute atomic E-state index is 11.3. The Bertz CT molecular complexity index is 371. The van der Waals surface area contributed by atoms with E-state index >= 15 is 0 Å². The molecular weight excluding hydrogens is 272 g/mol. The van der Waals surface area contributed by atoms with E-state index in [0.717, 1.165) is 30.2 Å². The van der Waals surface area contributed by atoms with Crippen LogP contribution in [0.15, 0.2) is 16.9 Å². The summed E-state index contributed by atoms with van der Waals surface area (Å²) in [5.74, 6) is 5.16. The van der Waals surface area contributed by atoms with Crippen LogP contribution in [0.25, 0.3) is 0 Å². The monoisotopic (exact) mass is 286 g/mol. The third-order valence-electron chi connectivity index (χ3n) is 3.15. The standard InChI is InChI=1S/C10H15BrN4O/c11-8-5-13-15(6-8)9-3-1-7(2-4-9)10(16)14-12/h5-7,9H,1-4,12H2,(H,14,16). The molecule has 0 aliphatic heterocycles. The molecule has 3 N–H and O–H groups in total. The molecule has 0 bridgehead atoms. The number of hydrogen-bond donors (Lipinski definition) is 2. The predicted octanol–water partition coefficient (Wildman–Crippen LogP) is 1.37. The Morgan fingerprint density at radius 3 is 2.69 bits per heavy atom. The topological polar surface area (TPSA) is 72.9 Å². The highest BCUT2D eigenvalue weighted by molar-refractivity contribution is 9.10. The maximum atomic E-state index is 11.3. The fourth-order valence-electron chi connectivity index (χ4n) is 2.23. The van der Waals surface area contributed by atoms with Crippen molar-refractivity contribution in [2.45, 2.75) is 31.7 Å². The van der Waals surface area contributed by atoms with Gasteiger partial charge < -0.3 is 0 Å². The zero-order chi connectivity index (χ0) is 11.5. The number of nitrogens with one attached hydrogen (secondary N) is 1. The lowest BCUT2D eigenvalue weighted by Crippen LogP contribution is -2.37. The van der Waals surface area contributed by atoms with Gasteiger partial charge in [-0.15, -0.1) is 0 Å². The van der Waals surface area contributed by atoms with Crippen molar-refractivity contribution in [3.05, 3.63) is 16.9 Å². The van der Waals surface area contributed by atoms with Crippen molar-refractivity contribution in [2.75, 3.05) is 0 Å². The van der Waals surface area contributed by atoms with Crippen molar-refractivity contribution >= 4 is 21.8 Å². The number of nitrogens with zero attached hydrogens (tertiary/aromatic N) is 2. The van der Waals surface area contributed by atoms with Gasteiger partial charge in [-0.1, -0.05) is 0 Å². The SMILES string of the molecule is NNC(=O)C1CCC(n2cc(Br)cn2)CC1. The van der Waals surface area contributed by atoms with Gasteiger partial charge in [-0.3, -0.25) is 14.9 Å². The number of carbonyl (C=O) groups excluding carboxylic acids is 1. The molecule has 0 saturated heterocycles. The Kier molecular flexibility index (Phi) is 3.60. The minimum Gasteiger partial charge on any atom is -0.294 e. The predicted molar refractivity (Wildman–Crippen MR) is 63.3 cm³/mol. The summed E-state index contributed by atoms with van der Waals surface area (Å²) in [6.07, 6.45) is 7.49. The van der Waals surface area contributed by atoms with E-state index in [0.29, 0.717) is 6.04 Å². The van der Waals surface area contributed by atoms with E-state index in [2.05, 4.69) is 26.5 Å². The number of carbonyl (C=O) groups is 1. The van der Waals surface area contributed by atoms with Crippen molar-refractivity contribution in [1.82, 2.24) is 15.2 Å². The van der Waals surface area contributed by atoms with Crippen LogP contribution in [0.1, 0.15) is 31.7 Å². The smallest absolute Gasteiger partial charge is 0.236 e. The van der Waals surface area contributed by atoms with Crippen molar-refractivity contribution in [3.8, 4) is 0 Å². The fourth-order valence-corrected chi connectivity index (χ4v) is 2.54. The number of rotatable bonds is 2. The molecule has 2 rings (SSSR count). The van der Waals surface area contributed by atoms with E-state index in [-0.39, 0.29) is 11.8 Å². The summed E-state index contributed by atoms with van der Waals surface area (Å²) < 4.78 is 2.97. The zero-order valence-electron chi connectivity index (χ0n) is 8.90. The van der Waals surface area contributed by atoms with E-state index in [4.69, 9.17) is 5.84 Å². The summed E-state index contributed by atoms with van der Waals surface area (Å²) in [6.45, 7) is 0. The second kappa shape index (κ2) is 4.97.